The maximum atomic E-state index is 12.1. The third-order valence-electron chi connectivity index (χ3n) is 3.20. The molecule has 0 spiro atoms. The smallest absolute Gasteiger partial charge is 0.339 e. The highest BCUT2D eigenvalue weighted by Crippen LogP contribution is 2.25. The van der Waals surface area contributed by atoms with Gasteiger partial charge in [0.1, 0.15) is 11.3 Å². The van der Waals surface area contributed by atoms with Gasteiger partial charge in [-0.1, -0.05) is 6.07 Å². The van der Waals surface area contributed by atoms with Crippen LogP contribution in [0.1, 0.15) is 20.7 Å². The molecular formula is C16H12BrNO7. The number of carbonyl (C=O) groups is 2. The quantitative estimate of drug-likeness (QED) is 0.659. The van der Waals surface area contributed by atoms with Crippen LogP contribution in [-0.2, 0) is 0 Å². The van der Waals surface area contributed by atoms with Gasteiger partial charge in [0.15, 0.2) is 5.75 Å². The van der Waals surface area contributed by atoms with Crippen LogP contribution in [0, 0.1) is 0 Å². The van der Waals surface area contributed by atoms with Gasteiger partial charge in [-0.05, 0) is 39.7 Å². The molecule has 0 fully saturated rings. The standard InChI is InChI=1S/C16H12BrNO7/c1-25-12-4-2-8(6-9(12)16(23)24)3-5-13(20)18-14(21)10(17)7-11(19)15(18)22/h2-7,19,22H,1H3,(H,23,24)/b5-3+. The van der Waals surface area contributed by atoms with Gasteiger partial charge in [0.25, 0.3) is 11.5 Å². The number of aromatic carboxylic acids is 1. The van der Waals surface area contributed by atoms with Crippen LogP contribution in [0.4, 0.5) is 0 Å². The van der Waals surface area contributed by atoms with Crippen LogP contribution >= 0.6 is 15.9 Å². The van der Waals surface area contributed by atoms with Gasteiger partial charge >= 0.3 is 5.97 Å². The van der Waals surface area contributed by atoms with Gasteiger partial charge in [0.05, 0.1) is 11.6 Å². The van der Waals surface area contributed by atoms with Crippen molar-refractivity contribution in [2.75, 3.05) is 7.11 Å². The summed E-state index contributed by atoms with van der Waals surface area (Å²) in [4.78, 5) is 35.2. The van der Waals surface area contributed by atoms with Crippen molar-refractivity contribution < 1.29 is 29.6 Å². The number of benzene rings is 1. The van der Waals surface area contributed by atoms with E-state index in [9.17, 15) is 24.6 Å². The molecule has 2 rings (SSSR count). The molecule has 0 amide bonds. The lowest BCUT2D eigenvalue weighted by atomic mass is 10.1. The molecule has 0 unspecified atom stereocenters. The van der Waals surface area contributed by atoms with E-state index in [0.717, 1.165) is 12.1 Å². The summed E-state index contributed by atoms with van der Waals surface area (Å²) in [7, 11) is 1.33. The molecule has 1 aromatic heterocycles. The fraction of sp³-hybridized carbons (Fsp3) is 0.0625. The van der Waals surface area contributed by atoms with Gasteiger partial charge in [0, 0.05) is 12.1 Å². The molecular weight excluding hydrogens is 398 g/mol. The lowest BCUT2D eigenvalue weighted by Crippen LogP contribution is -2.25. The van der Waals surface area contributed by atoms with Crippen molar-refractivity contribution in [1.29, 1.82) is 0 Å². The SMILES string of the molecule is COc1ccc(/C=C/C(=O)n2c(O)c(O)cc(Br)c2=O)cc1C(=O)O. The molecule has 0 aliphatic heterocycles. The number of hydrogen-bond donors (Lipinski definition) is 3. The second kappa shape index (κ2) is 7.22. The van der Waals surface area contributed by atoms with E-state index in [4.69, 9.17) is 9.84 Å². The van der Waals surface area contributed by atoms with Crippen molar-refractivity contribution in [3.05, 3.63) is 56.3 Å². The van der Waals surface area contributed by atoms with Gasteiger partial charge in [-0.2, -0.15) is 0 Å². The fourth-order valence-corrected chi connectivity index (χ4v) is 2.40. The van der Waals surface area contributed by atoms with Crippen molar-refractivity contribution in [3.63, 3.8) is 0 Å². The summed E-state index contributed by atoms with van der Waals surface area (Å²) < 4.78 is 5.19. The number of ether oxygens (including phenoxy) is 1. The molecule has 0 saturated heterocycles. The molecule has 0 aliphatic carbocycles. The van der Waals surface area contributed by atoms with Crippen molar-refractivity contribution >= 4 is 33.9 Å². The number of carboxylic acid groups (broad SMARTS) is 1. The predicted molar refractivity (Wildman–Crippen MR) is 91.3 cm³/mol. The maximum absolute atomic E-state index is 12.1. The van der Waals surface area contributed by atoms with Gasteiger partial charge in [-0.25, -0.2) is 9.36 Å². The number of nitrogens with zero attached hydrogens (tertiary/aromatic N) is 1. The van der Waals surface area contributed by atoms with E-state index in [1.807, 2.05) is 0 Å². The molecule has 0 aliphatic rings. The van der Waals surface area contributed by atoms with E-state index in [2.05, 4.69) is 15.9 Å². The summed E-state index contributed by atoms with van der Waals surface area (Å²) in [5, 5.41) is 28.3. The highest BCUT2D eigenvalue weighted by Gasteiger charge is 2.16. The summed E-state index contributed by atoms with van der Waals surface area (Å²) >= 11 is 2.88. The van der Waals surface area contributed by atoms with E-state index in [1.54, 1.807) is 0 Å². The molecule has 1 heterocycles. The first-order valence-electron chi connectivity index (χ1n) is 6.73. The van der Waals surface area contributed by atoms with E-state index in [1.165, 1.54) is 31.4 Å². The zero-order valence-electron chi connectivity index (χ0n) is 12.8. The van der Waals surface area contributed by atoms with Gasteiger partial charge in [0.2, 0.25) is 5.88 Å². The minimum absolute atomic E-state index is 0.0998. The molecule has 1 aromatic carbocycles. The monoisotopic (exact) mass is 409 g/mol. The predicted octanol–water partition coefficient (Wildman–Crippen LogP) is 2.08. The van der Waals surface area contributed by atoms with Crippen molar-refractivity contribution in [1.82, 2.24) is 4.57 Å². The number of allylic oxidation sites excluding steroid dienone is 1. The Morgan fingerprint density at radius 3 is 2.52 bits per heavy atom. The van der Waals surface area contributed by atoms with Gasteiger partial charge in [-0.15, -0.1) is 0 Å². The average molecular weight is 410 g/mol. The Balaban J connectivity index is 2.41. The van der Waals surface area contributed by atoms with Crippen molar-refractivity contribution in [3.8, 4) is 17.4 Å². The van der Waals surface area contributed by atoms with Crippen molar-refractivity contribution in [2.24, 2.45) is 0 Å². The van der Waals surface area contributed by atoms with E-state index < -0.39 is 29.1 Å². The molecule has 2 aromatic rings. The number of pyridine rings is 1. The number of halogens is 1. The molecule has 0 radical (unpaired) electrons. The molecule has 0 atom stereocenters. The van der Waals surface area contributed by atoms with E-state index in [-0.39, 0.29) is 15.8 Å². The third kappa shape index (κ3) is 3.72. The summed E-state index contributed by atoms with van der Waals surface area (Å²) in [6, 6.07) is 5.18. The maximum Gasteiger partial charge on any atom is 0.339 e. The second-order valence-electron chi connectivity index (χ2n) is 4.78. The summed E-state index contributed by atoms with van der Waals surface area (Å²) in [6.07, 6.45) is 2.22. The summed E-state index contributed by atoms with van der Waals surface area (Å²) in [5.41, 5.74) is -0.596. The Hall–Kier alpha value is -3.07. The molecule has 25 heavy (non-hydrogen) atoms. The number of hydrogen-bond acceptors (Lipinski definition) is 6. The number of methoxy groups -OCH3 is 1. The lowest BCUT2D eigenvalue weighted by molar-refractivity contribution is 0.0693. The van der Waals surface area contributed by atoms with Crippen LogP contribution in [0.3, 0.4) is 0 Å². The Kier molecular flexibility index (Phi) is 5.28. The molecule has 9 heteroatoms. The summed E-state index contributed by atoms with van der Waals surface area (Å²) in [5.74, 6) is -3.52. The third-order valence-corrected chi connectivity index (χ3v) is 3.77. The van der Waals surface area contributed by atoms with Crippen LogP contribution in [0.25, 0.3) is 6.08 Å². The Labute approximate surface area is 149 Å². The molecule has 0 bridgehead atoms. The van der Waals surface area contributed by atoms with Crippen LogP contribution < -0.4 is 10.3 Å². The minimum atomic E-state index is -1.20. The van der Waals surface area contributed by atoms with Gasteiger partial charge < -0.3 is 20.1 Å². The first kappa shape index (κ1) is 18.3. The summed E-state index contributed by atoms with van der Waals surface area (Å²) in [6.45, 7) is 0. The fourth-order valence-electron chi connectivity index (χ4n) is 2.01. The number of rotatable bonds is 4. The van der Waals surface area contributed by atoms with E-state index >= 15 is 0 Å². The Bertz CT molecular complexity index is 946. The van der Waals surface area contributed by atoms with Crippen LogP contribution in [0.5, 0.6) is 17.4 Å². The van der Waals surface area contributed by atoms with Gasteiger partial charge in [-0.3, -0.25) is 9.59 Å². The topological polar surface area (TPSA) is 126 Å². The van der Waals surface area contributed by atoms with Crippen LogP contribution in [-0.4, -0.2) is 38.9 Å². The molecule has 8 nitrogen and oxygen atoms in total. The number of aromatic hydroxyl groups is 2. The largest absolute Gasteiger partial charge is 0.503 e. The molecule has 3 N–H and O–H groups in total. The molecule has 0 saturated carbocycles. The minimum Gasteiger partial charge on any atom is -0.503 e. The average Bonchev–Trinajstić information content (AvgIpc) is 2.58. The number of aromatic nitrogens is 1. The Morgan fingerprint density at radius 1 is 1.24 bits per heavy atom. The number of carbonyl (C=O) groups excluding carboxylic acids is 1. The number of carboxylic acids is 1. The first-order chi connectivity index (χ1) is 11.8. The molecule has 130 valence electrons. The highest BCUT2D eigenvalue weighted by molar-refractivity contribution is 9.10. The lowest BCUT2D eigenvalue weighted by Gasteiger charge is -2.07. The highest BCUT2D eigenvalue weighted by atomic mass is 79.9. The first-order valence-corrected chi connectivity index (χ1v) is 7.52. The van der Waals surface area contributed by atoms with Crippen LogP contribution in [0.2, 0.25) is 0 Å². The second-order valence-corrected chi connectivity index (χ2v) is 5.63. The van der Waals surface area contributed by atoms with Crippen molar-refractivity contribution in [2.45, 2.75) is 0 Å². The zero-order valence-corrected chi connectivity index (χ0v) is 14.3. The normalized spacial score (nSPS) is 10.8. The van der Waals surface area contributed by atoms with Crippen LogP contribution in [0.15, 0.2) is 39.6 Å². The zero-order chi connectivity index (χ0) is 18.7. The van der Waals surface area contributed by atoms with E-state index in [0.29, 0.717) is 10.1 Å². The Morgan fingerprint density at radius 2 is 1.92 bits per heavy atom.